The zero-order valence-electron chi connectivity index (χ0n) is 14.7. The number of benzene rings is 2. The predicted octanol–water partition coefficient (Wildman–Crippen LogP) is 2.87. The Labute approximate surface area is 160 Å². The van der Waals surface area contributed by atoms with Gasteiger partial charge in [-0.3, -0.25) is 4.79 Å². The van der Waals surface area contributed by atoms with Crippen LogP contribution >= 0.6 is 11.8 Å². The molecule has 1 aliphatic heterocycles. The zero-order chi connectivity index (χ0) is 19.0. The number of halogens is 1. The molecule has 1 aromatic heterocycles. The molecule has 1 atom stereocenters. The molecule has 1 aliphatic rings. The molecule has 2 N–H and O–H groups in total. The Hall–Kier alpha value is -2.87. The molecular formula is C19H18FN5OS. The maximum Gasteiger partial charge on any atom is 0.237 e. The van der Waals surface area contributed by atoms with Crippen molar-refractivity contribution in [3.05, 3.63) is 59.9 Å². The van der Waals surface area contributed by atoms with Gasteiger partial charge in [0.15, 0.2) is 5.82 Å². The Kier molecular flexibility index (Phi) is 4.57. The molecule has 0 aliphatic carbocycles. The van der Waals surface area contributed by atoms with Crippen molar-refractivity contribution in [2.75, 3.05) is 16.5 Å². The lowest BCUT2D eigenvalue weighted by atomic mass is 10.1. The third-order valence-electron chi connectivity index (χ3n) is 4.55. The second-order valence-corrected chi connectivity index (χ2v) is 7.36. The van der Waals surface area contributed by atoms with Crippen molar-refractivity contribution < 1.29 is 9.18 Å². The fourth-order valence-electron chi connectivity index (χ4n) is 3.34. The van der Waals surface area contributed by atoms with E-state index in [0.717, 1.165) is 12.1 Å². The van der Waals surface area contributed by atoms with Crippen molar-refractivity contribution in [1.29, 1.82) is 0 Å². The number of hydrogen-bond acceptors (Lipinski definition) is 5. The zero-order valence-corrected chi connectivity index (χ0v) is 15.5. The lowest BCUT2D eigenvalue weighted by molar-refractivity contribution is -0.116. The van der Waals surface area contributed by atoms with E-state index in [-0.39, 0.29) is 23.5 Å². The first-order valence-electron chi connectivity index (χ1n) is 8.54. The van der Waals surface area contributed by atoms with E-state index in [0.29, 0.717) is 16.5 Å². The molecule has 0 bridgehead atoms. The highest BCUT2D eigenvalue weighted by Crippen LogP contribution is 2.32. The van der Waals surface area contributed by atoms with E-state index in [1.165, 1.54) is 34.1 Å². The number of thioether (sulfide) groups is 1. The molecule has 138 valence electrons. The highest BCUT2D eigenvalue weighted by Gasteiger charge is 2.30. The Morgan fingerprint density at radius 3 is 2.89 bits per heavy atom. The minimum absolute atomic E-state index is 0.00671. The predicted molar refractivity (Wildman–Crippen MR) is 103 cm³/mol. The van der Waals surface area contributed by atoms with Gasteiger partial charge in [0.2, 0.25) is 11.1 Å². The van der Waals surface area contributed by atoms with Gasteiger partial charge < -0.3 is 10.7 Å². The molecule has 0 spiro atoms. The summed E-state index contributed by atoms with van der Waals surface area (Å²) in [7, 11) is 0. The largest absolute Gasteiger partial charge is 0.335 e. The van der Waals surface area contributed by atoms with Gasteiger partial charge in [0, 0.05) is 17.3 Å². The summed E-state index contributed by atoms with van der Waals surface area (Å²) < 4.78 is 14.7. The van der Waals surface area contributed by atoms with E-state index in [2.05, 4.69) is 10.2 Å². The van der Waals surface area contributed by atoms with E-state index >= 15 is 0 Å². The van der Waals surface area contributed by atoms with Crippen LogP contribution in [0.3, 0.4) is 0 Å². The summed E-state index contributed by atoms with van der Waals surface area (Å²) in [4.78, 5) is 14.6. The fourth-order valence-corrected chi connectivity index (χ4v) is 4.06. The standard InChI is InChI=1S/C19H18FN5OS/c1-12-9-13-5-2-3-8-16(13)24(12)17(26)11-27-19-23-22-18(25(19)21)14-6-4-7-15(20)10-14/h2-8,10,12H,9,11,21H2,1H3. The van der Waals surface area contributed by atoms with E-state index in [1.807, 2.05) is 36.1 Å². The Morgan fingerprint density at radius 2 is 2.07 bits per heavy atom. The van der Waals surface area contributed by atoms with Crippen LogP contribution in [0.15, 0.2) is 53.7 Å². The van der Waals surface area contributed by atoms with Crippen LogP contribution in [0.2, 0.25) is 0 Å². The van der Waals surface area contributed by atoms with Crippen molar-refractivity contribution in [2.24, 2.45) is 0 Å². The molecule has 0 radical (unpaired) electrons. The molecule has 27 heavy (non-hydrogen) atoms. The third-order valence-corrected chi connectivity index (χ3v) is 5.48. The van der Waals surface area contributed by atoms with E-state index in [4.69, 9.17) is 5.84 Å². The van der Waals surface area contributed by atoms with Crippen LogP contribution in [0.1, 0.15) is 12.5 Å². The van der Waals surface area contributed by atoms with Crippen molar-refractivity contribution in [3.8, 4) is 11.4 Å². The van der Waals surface area contributed by atoms with Crippen LogP contribution in [0.25, 0.3) is 11.4 Å². The summed E-state index contributed by atoms with van der Waals surface area (Å²) in [5, 5.41) is 8.48. The lowest BCUT2D eigenvalue weighted by Crippen LogP contribution is -2.37. The second-order valence-electron chi connectivity index (χ2n) is 6.42. The highest BCUT2D eigenvalue weighted by molar-refractivity contribution is 7.99. The third kappa shape index (κ3) is 3.28. The van der Waals surface area contributed by atoms with Crippen molar-refractivity contribution in [1.82, 2.24) is 14.9 Å². The minimum atomic E-state index is -0.374. The Bertz CT molecular complexity index is 1010. The van der Waals surface area contributed by atoms with Crippen molar-refractivity contribution in [2.45, 2.75) is 24.5 Å². The van der Waals surface area contributed by atoms with Gasteiger partial charge in [-0.1, -0.05) is 42.1 Å². The normalized spacial score (nSPS) is 15.8. The first-order valence-corrected chi connectivity index (χ1v) is 9.52. The molecule has 2 heterocycles. The quantitative estimate of drug-likeness (QED) is 0.554. The van der Waals surface area contributed by atoms with Crippen molar-refractivity contribution >= 4 is 23.4 Å². The van der Waals surface area contributed by atoms with E-state index in [1.54, 1.807) is 12.1 Å². The molecule has 6 nitrogen and oxygen atoms in total. The maximum atomic E-state index is 13.4. The number of carbonyl (C=O) groups excluding carboxylic acids is 1. The summed E-state index contributed by atoms with van der Waals surface area (Å²) in [6, 6.07) is 14.0. The lowest BCUT2D eigenvalue weighted by Gasteiger charge is -2.22. The van der Waals surface area contributed by atoms with Gasteiger partial charge in [-0.25, -0.2) is 9.07 Å². The highest BCUT2D eigenvalue weighted by atomic mass is 32.2. The Balaban J connectivity index is 1.49. The van der Waals surface area contributed by atoms with E-state index in [9.17, 15) is 9.18 Å². The topological polar surface area (TPSA) is 77.0 Å². The molecule has 1 unspecified atom stereocenters. The molecule has 8 heteroatoms. The summed E-state index contributed by atoms with van der Waals surface area (Å²) in [6.07, 6.45) is 0.851. The molecular weight excluding hydrogens is 365 g/mol. The Morgan fingerprint density at radius 1 is 1.26 bits per heavy atom. The number of carbonyl (C=O) groups is 1. The van der Waals surface area contributed by atoms with Gasteiger partial charge in [0.05, 0.1) is 5.75 Å². The number of rotatable bonds is 4. The van der Waals surface area contributed by atoms with Crippen LogP contribution in [0.4, 0.5) is 10.1 Å². The monoisotopic (exact) mass is 383 g/mol. The number of para-hydroxylation sites is 1. The van der Waals surface area contributed by atoms with Gasteiger partial charge in [-0.15, -0.1) is 10.2 Å². The summed E-state index contributed by atoms with van der Waals surface area (Å²) >= 11 is 1.22. The molecule has 2 aromatic carbocycles. The number of nitrogen functional groups attached to an aromatic ring is 1. The van der Waals surface area contributed by atoms with Gasteiger partial charge in [0.25, 0.3) is 0 Å². The average molecular weight is 383 g/mol. The first-order chi connectivity index (χ1) is 13.0. The van der Waals surface area contributed by atoms with Gasteiger partial charge in [-0.2, -0.15) is 0 Å². The number of amides is 1. The number of nitrogens with two attached hydrogens (primary N) is 1. The van der Waals surface area contributed by atoms with E-state index < -0.39 is 0 Å². The molecule has 1 amide bonds. The van der Waals surface area contributed by atoms with Gasteiger partial charge >= 0.3 is 0 Å². The smallest absolute Gasteiger partial charge is 0.237 e. The number of nitrogens with zero attached hydrogens (tertiary/aromatic N) is 4. The molecule has 3 aromatic rings. The average Bonchev–Trinajstić information content (AvgIpc) is 3.18. The van der Waals surface area contributed by atoms with Crippen LogP contribution < -0.4 is 10.7 Å². The molecule has 0 fully saturated rings. The number of anilines is 1. The number of hydrogen-bond donors (Lipinski definition) is 1. The van der Waals surface area contributed by atoms with Crippen LogP contribution in [0.5, 0.6) is 0 Å². The van der Waals surface area contributed by atoms with Crippen molar-refractivity contribution in [3.63, 3.8) is 0 Å². The fraction of sp³-hybridized carbons (Fsp3) is 0.211. The summed E-state index contributed by atoms with van der Waals surface area (Å²) in [5.41, 5.74) is 2.68. The minimum Gasteiger partial charge on any atom is -0.335 e. The van der Waals surface area contributed by atoms with Gasteiger partial charge in [-0.05, 0) is 37.1 Å². The van der Waals surface area contributed by atoms with Crippen LogP contribution in [0, 0.1) is 5.82 Å². The van der Waals surface area contributed by atoms with Gasteiger partial charge in [0.1, 0.15) is 5.82 Å². The molecule has 4 rings (SSSR count). The maximum absolute atomic E-state index is 13.4. The number of aromatic nitrogens is 3. The number of fused-ring (bicyclic) bond motifs is 1. The molecule has 0 saturated heterocycles. The molecule has 0 saturated carbocycles. The van der Waals surface area contributed by atoms with Crippen LogP contribution in [-0.2, 0) is 11.2 Å². The summed E-state index contributed by atoms with van der Waals surface area (Å²) in [5.74, 6) is 6.22. The first kappa shape index (κ1) is 17.5. The SMILES string of the molecule is CC1Cc2ccccc2N1C(=O)CSc1nnc(-c2cccc(F)c2)n1N. The summed E-state index contributed by atoms with van der Waals surface area (Å²) in [6.45, 7) is 2.04. The van der Waals surface area contributed by atoms with Crippen LogP contribution in [-0.4, -0.2) is 32.6 Å². The second kappa shape index (κ2) is 7.03.